The van der Waals surface area contributed by atoms with Gasteiger partial charge in [0.25, 0.3) is 0 Å². The predicted molar refractivity (Wildman–Crippen MR) is 77.0 cm³/mol. The van der Waals surface area contributed by atoms with E-state index in [4.69, 9.17) is 11.6 Å². The van der Waals surface area contributed by atoms with Crippen LogP contribution in [0.1, 0.15) is 30.1 Å². The Morgan fingerprint density at radius 1 is 1.47 bits per heavy atom. The van der Waals surface area contributed by atoms with Gasteiger partial charge in [-0.25, -0.2) is 4.98 Å². The van der Waals surface area contributed by atoms with Gasteiger partial charge >= 0.3 is 5.97 Å². The summed E-state index contributed by atoms with van der Waals surface area (Å²) < 4.78 is 0. The molecule has 1 aromatic carbocycles. The molecule has 0 saturated heterocycles. The zero-order valence-electron chi connectivity index (χ0n) is 10.7. The van der Waals surface area contributed by atoms with Gasteiger partial charge in [0.2, 0.25) is 0 Å². The van der Waals surface area contributed by atoms with Crippen molar-refractivity contribution in [3.63, 3.8) is 0 Å². The van der Waals surface area contributed by atoms with Crippen molar-refractivity contribution in [2.45, 2.75) is 25.7 Å². The number of nitrogens with zero attached hydrogens (tertiary/aromatic N) is 1. The normalized spacial score (nSPS) is 11.5. The molecular weight excluding hydrogens is 282 g/mol. The quantitative estimate of drug-likeness (QED) is 0.934. The second-order valence-corrected chi connectivity index (χ2v) is 6.24. The monoisotopic (exact) mass is 295 g/mol. The highest BCUT2D eigenvalue weighted by Crippen LogP contribution is 2.26. The van der Waals surface area contributed by atoms with Gasteiger partial charge in [-0.2, -0.15) is 0 Å². The number of carboxylic acid groups (broad SMARTS) is 1. The zero-order valence-corrected chi connectivity index (χ0v) is 12.3. The first-order valence-electron chi connectivity index (χ1n) is 5.82. The first kappa shape index (κ1) is 14.0. The van der Waals surface area contributed by atoms with Gasteiger partial charge in [-0.05, 0) is 31.5 Å². The molecule has 0 amide bonds. The average Bonchev–Trinajstić information content (AvgIpc) is 2.78. The van der Waals surface area contributed by atoms with Crippen molar-refractivity contribution in [3.8, 4) is 0 Å². The van der Waals surface area contributed by atoms with Crippen molar-refractivity contribution < 1.29 is 9.90 Å². The van der Waals surface area contributed by atoms with Crippen LogP contribution in [-0.4, -0.2) is 16.1 Å². The van der Waals surface area contributed by atoms with Crippen molar-refractivity contribution in [1.29, 1.82) is 0 Å². The number of benzene rings is 1. The molecular formula is C14H14ClNO2S. The number of halogens is 1. The van der Waals surface area contributed by atoms with Crippen molar-refractivity contribution in [2.24, 2.45) is 0 Å². The topological polar surface area (TPSA) is 50.2 Å². The summed E-state index contributed by atoms with van der Waals surface area (Å²) in [4.78, 5) is 15.6. The number of thiazole rings is 1. The summed E-state index contributed by atoms with van der Waals surface area (Å²) in [7, 11) is 0. The van der Waals surface area contributed by atoms with Crippen molar-refractivity contribution in [2.75, 3.05) is 0 Å². The molecule has 0 spiro atoms. The molecule has 0 saturated carbocycles. The highest BCUT2D eigenvalue weighted by atomic mass is 35.5. The Kier molecular flexibility index (Phi) is 3.92. The van der Waals surface area contributed by atoms with Crippen LogP contribution in [0.15, 0.2) is 29.6 Å². The Bertz CT molecular complexity index is 607. The fourth-order valence-corrected chi connectivity index (χ4v) is 2.82. The van der Waals surface area contributed by atoms with E-state index >= 15 is 0 Å². The largest absolute Gasteiger partial charge is 0.481 e. The van der Waals surface area contributed by atoms with Gasteiger partial charge in [-0.3, -0.25) is 4.79 Å². The lowest BCUT2D eigenvalue weighted by molar-refractivity contribution is -0.142. The standard InChI is InChI=1S/C14H14ClNO2S/c1-14(2,13(17)18)11-8-19-12(16-11)7-9-4-3-5-10(15)6-9/h3-6,8H,7H2,1-2H3,(H,17,18). The lowest BCUT2D eigenvalue weighted by Gasteiger charge is -2.15. The highest BCUT2D eigenvalue weighted by molar-refractivity contribution is 7.09. The fourth-order valence-electron chi connectivity index (χ4n) is 1.61. The number of carboxylic acids is 1. The van der Waals surface area contributed by atoms with Gasteiger partial charge < -0.3 is 5.11 Å². The summed E-state index contributed by atoms with van der Waals surface area (Å²) in [6.07, 6.45) is 0.668. The number of rotatable bonds is 4. The molecule has 0 unspecified atom stereocenters. The highest BCUT2D eigenvalue weighted by Gasteiger charge is 2.32. The first-order chi connectivity index (χ1) is 8.89. The summed E-state index contributed by atoms with van der Waals surface area (Å²) in [5.74, 6) is -0.868. The maximum absolute atomic E-state index is 11.2. The maximum atomic E-state index is 11.2. The Labute approximate surface area is 120 Å². The number of carbonyl (C=O) groups is 1. The SMILES string of the molecule is CC(C)(C(=O)O)c1csc(Cc2cccc(Cl)c2)n1. The van der Waals surface area contributed by atoms with Crippen LogP contribution in [0.25, 0.3) is 0 Å². The number of aliphatic carboxylic acids is 1. The lowest BCUT2D eigenvalue weighted by atomic mass is 9.90. The smallest absolute Gasteiger partial charge is 0.315 e. The van der Waals surface area contributed by atoms with Crippen LogP contribution < -0.4 is 0 Å². The van der Waals surface area contributed by atoms with Crippen molar-refractivity contribution in [1.82, 2.24) is 4.98 Å². The van der Waals surface area contributed by atoms with E-state index in [-0.39, 0.29) is 0 Å². The van der Waals surface area contributed by atoms with Crippen LogP contribution in [0.3, 0.4) is 0 Å². The third kappa shape index (κ3) is 3.14. The summed E-state index contributed by atoms with van der Waals surface area (Å²) >= 11 is 7.41. The molecule has 1 aromatic heterocycles. The summed E-state index contributed by atoms with van der Waals surface area (Å²) in [6, 6.07) is 7.60. The van der Waals surface area contributed by atoms with Crippen LogP contribution in [-0.2, 0) is 16.6 Å². The van der Waals surface area contributed by atoms with Gasteiger partial charge in [-0.1, -0.05) is 23.7 Å². The van der Waals surface area contributed by atoms with Gasteiger partial charge in [0.15, 0.2) is 0 Å². The minimum Gasteiger partial charge on any atom is -0.481 e. The van der Waals surface area contributed by atoms with Gasteiger partial charge in [0, 0.05) is 16.8 Å². The average molecular weight is 296 g/mol. The number of hydrogen-bond donors (Lipinski definition) is 1. The minimum absolute atomic E-state index is 0.599. The third-order valence-electron chi connectivity index (χ3n) is 2.97. The molecule has 100 valence electrons. The van der Waals surface area contributed by atoms with Gasteiger partial charge in [-0.15, -0.1) is 11.3 Å². The van der Waals surface area contributed by atoms with Crippen LogP contribution in [0.2, 0.25) is 5.02 Å². The molecule has 0 radical (unpaired) electrons. The maximum Gasteiger partial charge on any atom is 0.315 e. The number of hydrogen-bond acceptors (Lipinski definition) is 3. The zero-order chi connectivity index (χ0) is 14.0. The summed E-state index contributed by atoms with van der Waals surface area (Å²) in [6.45, 7) is 3.32. The van der Waals surface area contributed by atoms with Crippen LogP contribution in [0, 0.1) is 0 Å². The fraction of sp³-hybridized carbons (Fsp3) is 0.286. The molecule has 2 aromatic rings. The van der Waals surface area contributed by atoms with Crippen LogP contribution >= 0.6 is 22.9 Å². The molecule has 0 aliphatic heterocycles. The minimum atomic E-state index is -0.955. The molecule has 5 heteroatoms. The molecule has 19 heavy (non-hydrogen) atoms. The molecule has 0 fully saturated rings. The molecule has 0 aliphatic carbocycles. The predicted octanol–water partition coefficient (Wildman–Crippen LogP) is 3.75. The Balaban J connectivity index is 2.20. The second kappa shape index (κ2) is 5.31. The van der Waals surface area contributed by atoms with E-state index in [1.54, 1.807) is 13.8 Å². The van der Waals surface area contributed by atoms with Crippen LogP contribution in [0.4, 0.5) is 0 Å². The summed E-state index contributed by atoms with van der Waals surface area (Å²) in [5, 5.41) is 12.6. The molecule has 0 aliphatic rings. The van der Waals surface area contributed by atoms with E-state index in [0.29, 0.717) is 17.1 Å². The summed E-state index contributed by atoms with van der Waals surface area (Å²) in [5.41, 5.74) is 0.715. The van der Waals surface area contributed by atoms with Gasteiger partial charge in [0.1, 0.15) is 5.41 Å². The van der Waals surface area contributed by atoms with E-state index in [9.17, 15) is 9.90 Å². The molecule has 2 rings (SSSR count). The molecule has 0 bridgehead atoms. The molecule has 1 N–H and O–H groups in total. The lowest BCUT2D eigenvalue weighted by Crippen LogP contribution is -2.28. The Morgan fingerprint density at radius 2 is 2.21 bits per heavy atom. The molecule has 1 heterocycles. The third-order valence-corrected chi connectivity index (χ3v) is 4.06. The van der Waals surface area contributed by atoms with Crippen molar-refractivity contribution in [3.05, 3.63) is 50.9 Å². The van der Waals surface area contributed by atoms with Crippen LogP contribution in [0.5, 0.6) is 0 Å². The van der Waals surface area contributed by atoms with E-state index in [0.717, 1.165) is 10.6 Å². The number of aromatic nitrogens is 1. The van der Waals surface area contributed by atoms with Crippen molar-refractivity contribution >= 4 is 28.9 Å². The van der Waals surface area contributed by atoms with Gasteiger partial charge in [0.05, 0.1) is 10.7 Å². The Morgan fingerprint density at radius 3 is 2.84 bits per heavy atom. The van der Waals surface area contributed by atoms with E-state index in [1.165, 1.54) is 11.3 Å². The Hall–Kier alpha value is -1.39. The van der Waals surface area contributed by atoms with E-state index in [1.807, 2.05) is 29.6 Å². The van der Waals surface area contributed by atoms with E-state index < -0.39 is 11.4 Å². The van der Waals surface area contributed by atoms with E-state index in [2.05, 4.69) is 4.98 Å². The second-order valence-electron chi connectivity index (χ2n) is 4.86. The molecule has 3 nitrogen and oxygen atoms in total. The first-order valence-corrected chi connectivity index (χ1v) is 7.08. The molecule has 0 atom stereocenters.